The average molecular weight is 301 g/mol. The molecule has 0 saturated carbocycles. The van der Waals surface area contributed by atoms with Crippen LogP contribution in [-0.2, 0) is 6.54 Å². The van der Waals surface area contributed by atoms with E-state index in [9.17, 15) is 5.11 Å². The summed E-state index contributed by atoms with van der Waals surface area (Å²) in [5, 5.41) is 16.0. The van der Waals surface area contributed by atoms with Gasteiger partial charge >= 0.3 is 0 Å². The third-order valence-electron chi connectivity index (χ3n) is 3.33. The molecule has 2 aromatic rings. The fourth-order valence-electron chi connectivity index (χ4n) is 2.06. The number of aromatic hydroxyl groups is 1. The quantitative estimate of drug-likeness (QED) is 0.850. The molecule has 0 aliphatic heterocycles. The molecule has 112 valence electrons. The van der Waals surface area contributed by atoms with Gasteiger partial charge in [0, 0.05) is 17.4 Å². The summed E-state index contributed by atoms with van der Waals surface area (Å²) in [7, 11) is 0.474. The smallest absolute Gasteiger partial charge is 0.126 e. The maximum absolute atomic E-state index is 10.2. The molecule has 3 heteroatoms. The number of aryl methyl sites for hydroxylation is 1. The SMILES string of the molecule is Cc1cccc(Pc2ccccc2CNC(C)(C)C)c1O. The molecule has 0 bridgehead atoms. The molecule has 1 atom stereocenters. The zero-order valence-electron chi connectivity index (χ0n) is 13.2. The number of para-hydroxylation sites is 1. The van der Waals surface area contributed by atoms with Crippen molar-refractivity contribution >= 4 is 19.2 Å². The topological polar surface area (TPSA) is 32.3 Å². The van der Waals surface area contributed by atoms with Crippen molar-refractivity contribution in [3.05, 3.63) is 53.6 Å². The minimum absolute atomic E-state index is 0.0989. The Morgan fingerprint density at radius 2 is 1.67 bits per heavy atom. The van der Waals surface area contributed by atoms with Crippen LogP contribution in [0.2, 0.25) is 0 Å². The normalized spacial score (nSPS) is 12.2. The van der Waals surface area contributed by atoms with Crippen molar-refractivity contribution in [1.29, 1.82) is 0 Å². The lowest BCUT2D eigenvalue weighted by atomic mass is 10.1. The van der Waals surface area contributed by atoms with Crippen LogP contribution in [0.25, 0.3) is 0 Å². The Bertz CT molecular complexity index is 617. The minimum Gasteiger partial charge on any atom is -0.507 e. The van der Waals surface area contributed by atoms with Crippen LogP contribution in [0.15, 0.2) is 42.5 Å². The molecule has 2 rings (SSSR count). The van der Waals surface area contributed by atoms with Crippen molar-refractivity contribution < 1.29 is 5.11 Å². The Kier molecular flexibility index (Phi) is 5.03. The molecule has 0 fully saturated rings. The van der Waals surface area contributed by atoms with Gasteiger partial charge in [0.25, 0.3) is 0 Å². The van der Waals surface area contributed by atoms with Gasteiger partial charge in [0.05, 0.1) is 0 Å². The second-order valence-electron chi connectivity index (χ2n) is 6.36. The van der Waals surface area contributed by atoms with Crippen LogP contribution < -0.4 is 15.9 Å². The molecule has 0 amide bonds. The van der Waals surface area contributed by atoms with E-state index in [0.717, 1.165) is 17.4 Å². The van der Waals surface area contributed by atoms with E-state index in [0.29, 0.717) is 14.3 Å². The first kappa shape index (κ1) is 16.0. The van der Waals surface area contributed by atoms with Gasteiger partial charge in [-0.05, 0) is 44.1 Å². The van der Waals surface area contributed by atoms with E-state index < -0.39 is 0 Å². The molecule has 2 N–H and O–H groups in total. The van der Waals surface area contributed by atoms with E-state index in [1.165, 1.54) is 10.9 Å². The van der Waals surface area contributed by atoms with Crippen LogP contribution in [0, 0.1) is 6.92 Å². The minimum atomic E-state index is 0.0989. The first-order chi connectivity index (χ1) is 9.87. The highest BCUT2D eigenvalue weighted by Gasteiger charge is 2.11. The molecule has 0 saturated heterocycles. The van der Waals surface area contributed by atoms with Gasteiger partial charge in [-0.1, -0.05) is 51.0 Å². The van der Waals surface area contributed by atoms with Crippen LogP contribution >= 0.6 is 8.58 Å². The molecule has 1 unspecified atom stereocenters. The number of phenols is 1. The van der Waals surface area contributed by atoms with E-state index >= 15 is 0 Å². The molecular formula is C18H24NOP. The van der Waals surface area contributed by atoms with Crippen LogP contribution in [0.3, 0.4) is 0 Å². The fourth-order valence-corrected chi connectivity index (χ4v) is 3.36. The predicted octanol–water partition coefficient (Wildman–Crippen LogP) is 3.22. The molecule has 2 aromatic carbocycles. The summed E-state index contributed by atoms with van der Waals surface area (Å²) in [6.07, 6.45) is 0. The fraction of sp³-hybridized carbons (Fsp3) is 0.333. The largest absolute Gasteiger partial charge is 0.507 e. The van der Waals surface area contributed by atoms with Crippen molar-refractivity contribution in [2.24, 2.45) is 0 Å². The maximum Gasteiger partial charge on any atom is 0.126 e. The van der Waals surface area contributed by atoms with Gasteiger partial charge in [0.15, 0.2) is 0 Å². The van der Waals surface area contributed by atoms with E-state index in [2.05, 4.69) is 50.4 Å². The van der Waals surface area contributed by atoms with Crippen LogP contribution in [0.5, 0.6) is 5.75 Å². The summed E-state index contributed by atoms with van der Waals surface area (Å²) in [5.74, 6) is 0.425. The number of phenolic OH excluding ortho intramolecular Hbond substituents is 1. The summed E-state index contributed by atoms with van der Waals surface area (Å²) < 4.78 is 0. The van der Waals surface area contributed by atoms with Gasteiger partial charge in [-0.15, -0.1) is 0 Å². The van der Waals surface area contributed by atoms with E-state index in [1.54, 1.807) is 0 Å². The van der Waals surface area contributed by atoms with Gasteiger partial charge in [0.2, 0.25) is 0 Å². The predicted molar refractivity (Wildman–Crippen MR) is 93.5 cm³/mol. The van der Waals surface area contributed by atoms with Gasteiger partial charge in [-0.25, -0.2) is 0 Å². The molecule has 21 heavy (non-hydrogen) atoms. The Morgan fingerprint density at radius 1 is 1.00 bits per heavy atom. The number of benzene rings is 2. The number of nitrogens with one attached hydrogen (secondary N) is 1. The summed E-state index contributed by atoms with van der Waals surface area (Å²) >= 11 is 0. The van der Waals surface area contributed by atoms with Crippen molar-refractivity contribution in [3.8, 4) is 5.75 Å². The number of rotatable bonds is 4. The Morgan fingerprint density at radius 3 is 2.38 bits per heavy atom. The van der Waals surface area contributed by atoms with Crippen LogP contribution in [0.4, 0.5) is 0 Å². The molecule has 0 radical (unpaired) electrons. The Balaban J connectivity index is 2.22. The van der Waals surface area contributed by atoms with Crippen LogP contribution in [0.1, 0.15) is 31.9 Å². The van der Waals surface area contributed by atoms with Crippen molar-refractivity contribution in [1.82, 2.24) is 5.32 Å². The van der Waals surface area contributed by atoms with Gasteiger partial charge in [-0.2, -0.15) is 0 Å². The zero-order valence-corrected chi connectivity index (χ0v) is 14.2. The Labute approximate surface area is 129 Å². The average Bonchev–Trinajstić information content (AvgIpc) is 2.42. The number of hydrogen-bond donors (Lipinski definition) is 2. The summed E-state index contributed by atoms with van der Waals surface area (Å²) in [5.41, 5.74) is 2.33. The van der Waals surface area contributed by atoms with Crippen molar-refractivity contribution in [2.45, 2.75) is 39.8 Å². The molecule has 0 heterocycles. The van der Waals surface area contributed by atoms with Gasteiger partial charge in [-0.3, -0.25) is 0 Å². The molecular weight excluding hydrogens is 277 g/mol. The van der Waals surface area contributed by atoms with Gasteiger partial charge in [0.1, 0.15) is 5.75 Å². The highest BCUT2D eigenvalue weighted by atomic mass is 31.1. The third kappa shape index (κ3) is 4.56. The molecule has 0 aromatic heterocycles. The highest BCUT2D eigenvalue weighted by molar-refractivity contribution is 7.55. The van der Waals surface area contributed by atoms with Crippen molar-refractivity contribution in [2.75, 3.05) is 0 Å². The molecule has 0 aliphatic carbocycles. The van der Waals surface area contributed by atoms with Gasteiger partial charge < -0.3 is 10.4 Å². The lowest BCUT2D eigenvalue weighted by molar-refractivity contribution is 0.425. The highest BCUT2D eigenvalue weighted by Crippen LogP contribution is 2.23. The maximum atomic E-state index is 10.2. The number of hydrogen-bond acceptors (Lipinski definition) is 2. The monoisotopic (exact) mass is 301 g/mol. The molecule has 2 nitrogen and oxygen atoms in total. The summed E-state index contributed by atoms with van der Waals surface area (Å²) in [6.45, 7) is 9.30. The molecule has 0 aliphatic rings. The van der Waals surface area contributed by atoms with E-state index in [-0.39, 0.29) is 5.54 Å². The van der Waals surface area contributed by atoms with Crippen LogP contribution in [-0.4, -0.2) is 10.6 Å². The lowest BCUT2D eigenvalue weighted by Crippen LogP contribution is -2.36. The first-order valence-corrected chi connectivity index (χ1v) is 8.25. The second-order valence-corrected chi connectivity index (χ2v) is 7.68. The lowest BCUT2D eigenvalue weighted by Gasteiger charge is -2.21. The summed E-state index contributed by atoms with van der Waals surface area (Å²) in [6, 6.07) is 14.4. The Hall–Kier alpha value is -1.37. The van der Waals surface area contributed by atoms with Crippen molar-refractivity contribution in [3.63, 3.8) is 0 Å². The second kappa shape index (κ2) is 6.60. The first-order valence-electron chi connectivity index (χ1n) is 7.25. The molecule has 0 spiro atoms. The van der Waals surface area contributed by atoms with E-state index in [1.807, 2.05) is 25.1 Å². The van der Waals surface area contributed by atoms with E-state index in [4.69, 9.17) is 0 Å². The standard InChI is InChI=1S/C18H24NOP/c1-13-8-7-11-16(17(13)20)21-15-10-6-5-9-14(15)12-19-18(2,3)4/h5-11,19-21H,12H2,1-4H3. The third-order valence-corrected chi connectivity index (χ3v) is 4.76. The zero-order chi connectivity index (χ0) is 15.5. The summed E-state index contributed by atoms with van der Waals surface area (Å²) in [4.78, 5) is 0.